The number of hydrogen-bond donors (Lipinski definition) is 0. The van der Waals surface area contributed by atoms with Crippen molar-refractivity contribution < 1.29 is 0 Å². The SMILES string of the molecule is CC(C)c1ccnc2nccn12. The Balaban J connectivity index is 2.73. The number of rotatable bonds is 1. The van der Waals surface area contributed by atoms with E-state index in [-0.39, 0.29) is 0 Å². The van der Waals surface area contributed by atoms with Crippen LogP contribution in [-0.4, -0.2) is 14.4 Å². The van der Waals surface area contributed by atoms with E-state index >= 15 is 0 Å². The highest BCUT2D eigenvalue weighted by Crippen LogP contribution is 2.13. The van der Waals surface area contributed by atoms with Crippen LogP contribution in [0.25, 0.3) is 5.78 Å². The lowest BCUT2D eigenvalue weighted by molar-refractivity contribution is 0.794. The van der Waals surface area contributed by atoms with E-state index in [4.69, 9.17) is 0 Å². The standard InChI is InChI=1S/C9H11N3/c1-7(2)8-3-4-10-9-11-5-6-12(8)9/h3-7H,1-2H3. The van der Waals surface area contributed by atoms with E-state index in [0.29, 0.717) is 5.92 Å². The molecule has 0 N–H and O–H groups in total. The van der Waals surface area contributed by atoms with Gasteiger partial charge in [0.25, 0.3) is 0 Å². The van der Waals surface area contributed by atoms with Crippen LogP contribution in [0.5, 0.6) is 0 Å². The summed E-state index contributed by atoms with van der Waals surface area (Å²) >= 11 is 0. The molecule has 0 spiro atoms. The van der Waals surface area contributed by atoms with E-state index in [2.05, 4.69) is 23.8 Å². The second-order valence-corrected chi connectivity index (χ2v) is 3.12. The molecule has 0 fully saturated rings. The summed E-state index contributed by atoms with van der Waals surface area (Å²) in [5, 5.41) is 0. The predicted molar refractivity (Wildman–Crippen MR) is 47.1 cm³/mol. The zero-order chi connectivity index (χ0) is 8.55. The Labute approximate surface area is 71.1 Å². The predicted octanol–water partition coefficient (Wildman–Crippen LogP) is 1.85. The molecular formula is C9H11N3. The van der Waals surface area contributed by atoms with Gasteiger partial charge in [-0.1, -0.05) is 13.8 Å². The topological polar surface area (TPSA) is 30.2 Å². The van der Waals surface area contributed by atoms with Crippen LogP contribution in [-0.2, 0) is 0 Å². The molecule has 0 saturated carbocycles. The van der Waals surface area contributed by atoms with E-state index < -0.39 is 0 Å². The van der Waals surface area contributed by atoms with Gasteiger partial charge in [-0.25, -0.2) is 9.97 Å². The first kappa shape index (κ1) is 7.28. The molecule has 0 amide bonds. The first-order valence-electron chi connectivity index (χ1n) is 4.07. The average Bonchev–Trinajstić information content (AvgIpc) is 2.49. The molecule has 62 valence electrons. The lowest BCUT2D eigenvalue weighted by Crippen LogP contribution is -1.98. The first-order chi connectivity index (χ1) is 5.79. The molecule has 0 aliphatic carbocycles. The monoisotopic (exact) mass is 161 g/mol. The summed E-state index contributed by atoms with van der Waals surface area (Å²) in [7, 11) is 0. The van der Waals surface area contributed by atoms with Crippen LogP contribution in [0.3, 0.4) is 0 Å². The number of nitrogens with zero attached hydrogens (tertiary/aromatic N) is 3. The smallest absolute Gasteiger partial charge is 0.233 e. The molecule has 0 aliphatic rings. The van der Waals surface area contributed by atoms with E-state index in [1.54, 1.807) is 12.4 Å². The van der Waals surface area contributed by atoms with Gasteiger partial charge in [-0.15, -0.1) is 0 Å². The van der Waals surface area contributed by atoms with Crippen molar-refractivity contribution in [2.24, 2.45) is 0 Å². The molecule has 0 saturated heterocycles. The molecular weight excluding hydrogens is 150 g/mol. The van der Waals surface area contributed by atoms with E-state index in [9.17, 15) is 0 Å². The van der Waals surface area contributed by atoms with Gasteiger partial charge in [0.15, 0.2) is 0 Å². The lowest BCUT2D eigenvalue weighted by atomic mass is 10.1. The first-order valence-corrected chi connectivity index (χ1v) is 4.07. The molecule has 12 heavy (non-hydrogen) atoms. The summed E-state index contributed by atoms with van der Waals surface area (Å²) in [5.41, 5.74) is 1.25. The summed E-state index contributed by atoms with van der Waals surface area (Å²) in [6, 6.07) is 2.03. The highest BCUT2D eigenvalue weighted by molar-refractivity contribution is 5.30. The van der Waals surface area contributed by atoms with Crippen LogP contribution in [0.4, 0.5) is 0 Å². The molecule has 2 aromatic rings. The van der Waals surface area contributed by atoms with Crippen molar-refractivity contribution >= 4 is 5.78 Å². The van der Waals surface area contributed by atoms with Crippen molar-refractivity contribution in [1.82, 2.24) is 14.4 Å². The van der Waals surface area contributed by atoms with Gasteiger partial charge in [0.05, 0.1) is 0 Å². The maximum Gasteiger partial charge on any atom is 0.233 e. The van der Waals surface area contributed by atoms with Gasteiger partial charge in [-0.3, -0.25) is 4.40 Å². The van der Waals surface area contributed by atoms with Gasteiger partial charge < -0.3 is 0 Å². The fourth-order valence-corrected chi connectivity index (χ4v) is 1.32. The normalized spacial score (nSPS) is 11.2. The van der Waals surface area contributed by atoms with Crippen molar-refractivity contribution in [3.8, 4) is 0 Å². The lowest BCUT2D eigenvalue weighted by Gasteiger charge is -2.06. The van der Waals surface area contributed by atoms with Gasteiger partial charge in [0.2, 0.25) is 5.78 Å². The van der Waals surface area contributed by atoms with Gasteiger partial charge in [0, 0.05) is 24.3 Å². The number of fused-ring (bicyclic) bond motifs is 1. The fourth-order valence-electron chi connectivity index (χ4n) is 1.32. The molecule has 3 heteroatoms. The van der Waals surface area contributed by atoms with Gasteiger partial charge in [-0.05, 0) is 12.0 Å². The fraction of sp³-hybridized carbons (Fsp3) is 0.333. The molecule has 0 aliphatic heterocycles. The largest absolute Gasteiger partial charge is 0.288 e. The Morgan fingerprint density at radius 1 is 1.25 bits per heavy atom. The summed E-state index contributed by atoms with van der Waals surface area (Å²) in [5.74, 6) is 1.28. The molecule has 3 nitrogen and oxygen atoms in total. The summed E-state index contributed by atoms with van der Waals surface area (Å²) in [6.07, 6.45) is 5.52. The summed E-state index contributed by atoms with van der Waals surface area (Å²) in [6.45, 7) is 4.32. The maximum absolute atomic E-state index is 4.14. The molecule has 0 bridgehead atoms. The third-order valence-corrected chi connectivity index (χ3v) is 1.93. The summed E-state index contributed by atoms with van der Waals surface area (Å²) < 4.78 is 2.02. The van der Waals surface area contributed by atoms with Gasteiger partial charge >= 0.3 is 0 Å². The van der Waals surface area contributed by atoms with Crippen molar-refractivity contribution in [2.75, 3.05) is 0 Å². The van der Waals surface area contributed by atoms with Crippen LogP contribution >= 0.6 is 0 Å². The van der Waals surface area contributed by atoms with Crippen molar-refractivity contribution in [1.29, 1.82) is 0 Å². The Bertz CT molecular complexity index is 389. The average molecular weight is 161 g/mol. The molecule has 0 aromatic carbocycles. The minimum absolute atomic E-state index is 0.504. The summed E-state index contributed by atoms with van der Waals surface area (Å²) in [4.78, 5) is 8.25. The third kappa shape index (κ3) is 0.978. The Morgan fingerprint density at radius 3 is 2.75 bits per heavy atom. The Morgan fingerprint density at radius 2 is 2.00 bits per heavy atom. The third-order valence-electron chi connectivity index (χ3n) is 1.93. The van der Waals surface area contributed by atoms with Gasteiger partial charge in [-0.2, -0.15) is 0 Å². The quantitative estimate of drug-likeness (QED) is 0.639. The highest BCUT2D eigenvalue weighted by Gasteiger charge is 2.03. The van der Waals surface area contributed by atoms with Crippen LogP contribution in [0.15, 0.2) is 24.7 Å². The van der Waals surface area contributed by atoms with Crippen LogP contribution in [0.2, 0.25) is 0 Å². The molecule has 2 rings (SSSR count). The van der Waals surface area contributed by atoms with Crippen LogP contribution in [0.1, 0.15) is 25.5 Å². The minimum Gasteiger partial charge on any atom is -0.288 e. The molecule has 0 radical (unpaired) electrons. The molecule has 2 aromatic heterocycles. The highest BCUT2D eigenvalue weighted by atomic mass is 15.1. The Kier molecular flexibility index (Phi) is 1.57. The maximum atomic E-state index is 4.14. The molecule has 2 heterocycles. The number of imidazole rings is 1. The number of hydrogen-bond acceptors (Lipinski definition) is 2. The molecule has 0 unspecified atom stereocenters. The van der Waals surface area contributed by atoms with E-state index in [1.807, 2.05) is 16.7 Å². The Hall–Kier alpha value is -1.38. The van der Waals surface area contributed by atoms with Crippen LogP contribution in [0, 0.1) is 0 Å². The van der Waals surface area contributed by atoms with Crippen molar-refractivity contribution in [3.05, 3.63) is 30.4 Å². The molecule has 0 atom stereocenters. The van der Waals surface area contributed by atoms with E-state index in [0.717, 1.165) is 5.78 Å². The second-order valence-electron chi connectivity index (χ2n) is 3.12. The second kappa shape index (κ2) is 2.59. The van der Waals surface area contributed by atoms with E-state index in [1.165, 1.54) is 5.69 Å². The van der Waals surface area contributed by atoms with Gasteiger partial charge in [0.1, 0.15) is 0 Å². The van der Waals surface area contributed by atoms with Crippen molar-refractivity contribution in [3.63, 3.8) is 0 Å². The minimum atomic E-state index is 0.504. The van der Waals surface area contributed by atoms with Crippen molar-refractivity contribution in [2.45, 2.75) is 19.8 Å². The van der Waals surface area contributed by atoms with Crippen LogP contribution < -0.4 is 0 Å². The number of aromatic nitrogens is 3. The zero-order valence-electron chi connectivity index (χ0n) is 7.23. The zero-order valence-corrected chi connectivity index (χ0v) is 7.23.